The van der Waals surface area contributed by atoms with Crippen molar-refractivity contribution in [3.05, 3.63) is 39.9 Å². The highest BCUT2D eigenvalue weighted by molar-refractivity contribution is 14.1. The average molecular weight is 304 g/mol. The van der Waals surface area contributed by atoms with E-state index in [1.54, 1.807) is 12.1 Å². The number of carbonyl (C=O) groups excluding carboxylic acids is 1. The Kier molecular flexibility index (Phi) is 3.73. The summed E-state index contributed by atoms with van der Waals surface area (Å²) < 4.78 is -0.426. The number of nitro benzene ring substituents is 1. The van der Waals surface area contributed by atoms with Gasteiger partial charge in [0.05, 0.1) is 4.92 Å². The molecule has 5 nitrogen and oxygen atoms in total. The van der Waals surface area contributed by atoms with Crippen LogP contribution in [0.25, 0.3) is 0 Å². The van der Waals surface area contributed by atoms with Crippen LogP contribution in [-0.2, 0) is 4.79 Å². The highest BCUT2D eigenvalue weighted by atomic mass is 127. The van der Waals surface area contributed by atoms with Gasteiger partial charge in [-0.15, -0.1) is 0 Å². The third-order valence-corrected chi connectivity index (χ3v) is 2.52. The molecule has 72 valence electrons. The molecule has 0 heterocycles. The Bertz CT molecular complexity index is 401. The van der Waals surface area contributed by atoms with E-state index >= 15 is 0 Å². The molecule has 1 rings (SSSR count). The maximum atomic E-state index is 10.4. The molecule has 0 radical (unpaired) electrons. The van der Waals surface area contributed by atoms with Crippen molar-refractivity contribution < 1.29 is 9.72 Å². The second kappa shape index (κ2) is 4.83. The lowest BCUT2D eigenvalue weighted by atomic mass is 10.2. The molecule has 0 fully saturated rings. The Hall–Kier alpha value is -1.27. The van der Waals surface area contributed by atoms with Gasteiger partial charge in [0.2, 0.25) is 6.08 Å². The number of hydrogen-bond donors (Lipinski definition) is 0. The van der Waals surface area contributed by atoms with Crippen LogP contribution in [0, 0.1) is 10.1 Å². The van der Waals surface area contributed by atoms with Crippen molar-refractivity contribution in [1.82, 2.24) is 0 Å². The third kappa shape index (κ3) is 2.61. The molecule has 0 N–H and O–H groups in total. The summed E-state index contributed by atoms with van der Waals surface area (Å²) in [5, 5.41) is 10.4. The molecule has 0 bridgehead atoms. The minimum absolute atomic E-state index is 0.00901. The van der Waals surface area contributed by atoms with Crippen molar-refractivity contribution in [2.45, 2.75) is 4.05 Å². The van der Waals surface area contributed by atoms with Crippen molar-refractivity contribution >= 4 is 34.4 Å². The van der Waals surface area contributed by atoms with Gasteiger partial charge in [0.1, 0.15) is 4.05 Å². The van der Waals surface area contributed by atoms with E-state index in [4.69, 9.17) is 0 Å². The summed E-state index contributed by atoms with van der Waals surface area (Å²) in [7, 11) is 0. The molecule has 0 amide bonds. The predicted molar refractivity (Wildman–Crippen MR) is 58.0 cm³/mol. The normalized spacial score (nSPS) is 11.5. The van der Waals surface area contributed by atoms with Crippen LogP contribution in [0.1, 0.15) is 9.61 Å². The minimum atomic E-state index is -0.489. The summed E-state index contributed by atoms with van der Waals surface area (Å²) in [6, 6.07) is 6.00. The van der Waals surface area contributed by atoms with Crippen LogP contribution in [0.3, 0.4) is 0 Å². The zero-order valence-corrected chi connectivity index (χ0v) is 9.04. The van der Waals surface area contributed by atoms with E-state index in [1.807, 2.05) is 22.6 Å². The summed E-state index contributed by atoms with van der Waals surface area (Å²) in [5.74, 6) is 0. The van der Waals surface area contributed by atoms with Gasteiger partial charge in [0.15, 0.2) is 0 Å². The molecule has 0 aliphatic rings. The average Bonchev–Trinajstić information content (AvgIpc) is 2.18. The molecule has 0 spiro atoms. The molecule has 1 unspecified atom stereocenters. The first-order valence-corrected chi connectivity index (χ1v) is 4.85. The fraction of sp³-hybridized carbons (Fsp3) is 0.125. The SMILES string of the molecule is O=C=NC(I)c1cccc([N+](=O)[O-])c1. The molecular weight excluding hydrogens is 299 g/mol. The van der Waals surface area contributed by atoms with E-state index in [0.29, 0.717) is 5.56 Å². The number of alkyl halides is 1. The number of hydrogen-bond acceptors (Lipinski definition) is 4. The monoisotopic (exact) mass is 304 g/mol. The fourth-order valence-electron chi connectivity index (χ4n) is 0.907. The van der Waals surface area contributed by atoms with Crippen molar-refractivity contribution in [2.75, 3.05) is 0 Å². The number of nitro groups is 1. The predicted octanol–water partition coefficient (Wildman–Crippen LogP) is 2.36. The molecule has 14 heavy (non-hydrogen) atoms. The van der Waals surface area contributed by atoms with Gasteiger partial charge in [-0.2, -0.15) is 4.99 Å². The topological polar surface area (TPSA) is 72.6 Å². The van der Waals surface area contributed by atoms with Crippen molar-refractivity contribution in [3.8, 4) is 0 Å². The number of non-ortho nitro benzene ring substituents is 1. The van der Waals surface area contributed by atoms with Gasteiger partial charge in [-0.3, -0.25) is 10.1 Å². The number of halogens is 1. The Morgan fingerprint density at radius 1 is 1.57 bits per heavy atom. The van der Waals surface area contributed by atoms with Crippen LogP contribution in [0.15, 0.2) is 29.3 Å². The lowest BCUT2D eigenvalue weighted by Crippen LogP contribution is -1.91. The first-order valence-electron chi connectivity index (χ1n) is 3.60. The highest BCUT2D eigenvalue weighted by Crippen LogP contribution is 2.26. The summed E-state index contributed by atoms with van der Waals surface area (Å²) >= 11 is 1.90. The van der Waals surface area contributed by atoms with Gasteiger partial charge < -0.3 is 0 Å². The van der Waals surface area contributed by atoms with Gasteiger partial charge in [0.25, 0.3) is 5.69 Å². The molecule has 1 aromatic rings. The van der Waals surface area contributed by atoms with Crippen LogP contribution < -0.4 is 0 Å². The second-order valence-corrected chi connectivity index (χ2v) is 3.59. The van der Waals surface area contributed by atoms with Gasteiger partial charge >= 0.3 is 0 Å². The largest absolute Gasteiger partial charge is 0.269 e. The Morgan fingerprint density at radius 3 is 2.86 bits per heavy atom. The molecular formula is C8H5IN2O3. The van der Waals surface area contributed by atoms with E-state index in [-0.39, 0.29) is 5.69 Å². The summed E-state index contributed by atoms with van der Waals surface area (Å²) in [6.07, 6.45) is 1.41. The van der Waals surface area contributed by atoms with Crippen LogP contribution in [0.5, 0.6) is 0 Å². The Morgan fingerprint density at radius 2 is 2.29 bits per heavy atom. The van der Waals surface area contributed by atoms with E-state index in [2.05, 4.69) is 4.99 Å². The maximum Gasteiger partial charge on any atom is 0.269 e. The number of aliphatic imine (C=N–C) groups is 1. The fourth-order valence-corrected chi connectivity index (χ4v) is 1.41. The quantitative estimate of drug-likeness (QED) is 0.164. The van der Waals surface area contributed by atoms with E-state index in [0.717, 1.165) is 0 Å². The van der Waals surface area contributed by atoms with Gasteiger partial charge in [0, 0.05) is 12.1 Å². The zero-order chi connectivity index (χ0) is 10.6. The lowest BCUT2D eigenvalue weighted by molar-refractivity contribution is -0.384. The summed E-state index contributed by atoms with van der Waals surface area (Å²) in [6.45, 7) is 0. The summed E-state index contributed by atoms with van der Waals surface area (Å²) in [5.41, 5.74) is 0.605. The van der Waals surface area contributed by atoms with Gasteiger partial charge in [-0.1, -0.05) is 34.7 Å². The van der Waals surface area contributed by atoms with E-state index < -0.39 is 8.97 Å². The summed E-state index contributed by atoms with van der Waals surface area (Å²) in [4.78, 5) is 23.4. The molecule has 1 aromatic carbocycles. The molecule has 0 aliphatic heterocycles. The molecule has 0 saturated heterocycles. The minimum Gasteiger partial charge on any atom is -0.258 e. The molecule has 0 aromatic heterocycles. The van der Waals surface area contributed by atoms with Crippen molar-refractivity contribution in [3.63, 3.8) is 0 Å². The number of rotatable bonds is 3. The lowest BCUT2D eigenvalue weighted by Gasteiger charge is -2.01. The van der Waals surface area contributed by atoms with Gasteiger partial charge in [-0.05, 0) is 5.56 Å². The molecule has 1 atom stereocenters. The molecule has 0 aliphatic carbocycles. The van der Waals surface area contributed by atoms with Gasteiger partial charge in [-0.25, -0.2) is 4.79 Å². The van der Waals surface area contributed by atoms with E-state index in [1.165, 1.54) is 18.2 Å². The van der Waals surface area contributed by atoms with Crippen molar-refractivity contribution in [1.29, 1.82) is 0 Å². The first kappa shape index (κ1) is 10.8. The van der Waals surface area contributed by atoms with Crippen LogP contribution in [0.2, 0.25) is 0 Å². The van der Waals surface area contributed by atoms with Crippen LogP contribution in [-0.4, -0.2) is 11.0 Å². The Balaban J connectivity index is 3.04. The molecule has 0 saturated carbocycles. The van der Waals surface area contributed by atoms with Crippen molar-refractivity contribution in [2.24, 2.45) is 4.99 Å². The molecule has 6 heteroatoms. The maximum absolute atomic E-state index is 10.4. The second-order valence-electron chi connectivity index (χ2n) is 2.41. The number of nitrogens with zero attached hydrogens (tertiary/aromatic N) is 2. The van der Waals surface area contributed by atoms with E-state index in [9.17, 15) is 14.9 Å². The standard InChI is InChI=1S/C8H5IN2O3/c9-8(10-5-12)6-2-1-3-7(4-6)11(13)14/h1-4,8H. The van der Waals surface area contributed by atoms with Crippen LogP contribution >= 0.6 is 22.6 Å². The number of isocyanates is 1. The Labute approximate surface area is 93.1 Å². The first-order chi connectivity index (χ1) is 6.65. The number of benzene rings is 1. The highest BCUT2D eigenvalue weighted by Gasteiger charge is 2.10. The van der Waals surface area contributed by atoms with Crippen LogP contribution in [0.4, 0.5) is 5.69 Å². The zero-order valence-electron chi connectivity index (χ0n) is 6.88. The third-order valence-electron chi connectivity index (χ3n) is 1.52. The smallest absolute Gasteiger partial charge is 0.258 e.